The number of hydrogen-bond acceptors (Lipinski definition) is 2. The molecular weight excluding hydrogens is 186 g/mol. The molecule has 0 radical (unpaired) electrons. The molecule has 0 atom stereocenters. The molecule has 0 aliphatic rings. The van der Waals surface area contributed by atoms with Gasteiger partial charge in [0.05, 0.1) is 5.75 Å². The van der Waals surface area contributed by atoms with E-state index >= 15 is 0 Å². The Morgan fingerprint density at radius 3 is 2.46 bits per heavy atom. The van der Waals surface area contributed by atoms with E-state index in [4.69, 9.17) is 0 Å². The monoisotopic (exact) mass is 203 g/mol. The van der Waals surface area contributed by atoms with Crippen LogP contribution in [0.3, 0.4) is 0 Å². The summed E-state index contributed by atoms with van der Waals surface area (Å²) in [4.78, 5) is 0. The Balaban J connectivity index is 3.81. The van der Waals surface area contributed by atoms with Crippen molar-refractivity contribution in [1.82, 2.24) is 4.72 Å². The summed E-state index contributed by atoms with van der Waals surface area (Å²) >= 11 is 0. The lowest BCUT2D eigenvalue weighted by molar-refractivity contribution is 0.569. The summed E-state index contributed by atoms with van der Waals surface area (Å²) in [6.45, 7) is 5.91. The molecule has 13 heavy (non-hydrogen) atoms. The summed E-state index contributed by atoms with van der Waals surface area (Å²) in [7, 11) is -3.08. The number of rotatable bonds is 5. The second-order valence-corrected chi connectivity index (χ2v) is 5.10. The summed E-state index contributed by atoms with van der Waals surface area (Å²) < 4.78 is 25.0. The van der Waals surface area contributed by atoms with Crippen LogP contribution in [0, 0.1) is 17.8 Å². The summed E-state index contributed by atoms with van der Waals surface area (Å²) in [5.41, 5.74) is 0. The molecular formula is C9H17NO2S. The van der Waals surface area contributed by atoms with Gasteiger partial charge in [0.1, 0.15) is 0 Å². The molecule has 76 valence electrons. The van der Waals surface area contributed by atoms with Gasteiger partial charge in [-0.15, -0.1) is 11.8 Å². The molecule has 0 rings (SSSR count). The van der Waals surface area contributed by atoms with Crippen molar-refractivity contribution in [2.45, 2.75) is 27.2 Å². The molecule has 0 aromatic heterocycles. The summed E-state index contributed by atoms with van der Waals surface area (Å²) in [5, 5.41) is 0. The summed E-state index contributed by atoms with van der Waals surface area (Å²) in [5.74, 6) is 5.86. The minimum absolute atomic E-state index is 0.162. The average molecular weight is 203 g/mol. The minimum Gasteiger partial charge on any atom is -0.214 e. The Kier molecular flexibility index (Phi) is 5.76. The van der Waals surface area contributed by atoms with Crippen LogP contribution < -0.4 is 4.72 Å². The highest BCUT2D eigenvalue weighted by Crippen LogP contribution is 1.96. The van der Waals surface area contributed by atoms with Gasteiger partial charge in [0, 0.05) is 13.0 Å². The van der Waals surface area contributed by atoms with Gasteiger partial charge in [0.15, 0.2) is 0 Å². The smallest absolute Gasteiger partial charge is 0.211 e. The van der Waals surface area contributed by atoms with Crippen LogP contribution in [0.1, 0.15) is 27.2 Å². The fourth-order valence-corrected chi connectivity index (χ4v) is 2.30. The maximum atomic E-state index is 11.2. The third-order valence-electron chi connectivity index (χ3n) is 1.30. The average Bonchev–Trinajstić information content (AvgIpc) is 1.95. The molecule has 0 aliphatic carbocycles. The lowest BCUT2D eigenvalue weighted by Crippen LogP contribution is -2.29. The number of hydrogen-bond donors (Lipinski definition) is 1. The van der Waals surface area contributed by atoms with Crippen LogP contribution in [0.5, 0.6) is 0 Å². The first-order valence-electron chi connectivity index (χ1n) is 4.35. The van der Waals surface area contributed by atoms with Crippen LogP contribution in [-0.2, 0) is 10.0 Å². The predicted octanol–water partition coefficient (Wildman–Crippen LogP) is 0.975. The lowest BCUT2D eigenvalue weighted by Gasteiger charge is -2.06. The molecule has 0 bridgehead atoms. The quantitative estimate of drug-likeness (QED) is 0.534. The molecule has 4 heteroatoms. The highest BCUT2D eigenvalue weighted by molar-refractivity contribution is 7.89. The van der Waals surface area contributed by atoms with Crippen LogP contribution in [0.25, 0.3) is 0 Å². The van der Waals surface area contributed by atoms with Gasteiger partial charge in [-0.25, -0.2) is 13.1 Å². The van der Waals surface area contributed by atoms with Gasteiger partial charge in [-0.2, -0.15) is 0 Å². The van der Waals surface area contributed by atoms with Gasteiger partial charge in [-0.3, -0.25) is 0 Å². The van der Waals surface area contributed by atoms with Crippen LogP contribution in [0.4, 0.5) is 0 Å². The van der Waals surface area contributed by atoms with E-state index in [0.717, 1.165) is 0 Å². The predicted molar refractivity (Wildman–Crippen MR) is 54.7 cm³/mol. The Labute approximate surface area is 81.0 Å². The topological polar surface area (TPSA) is 46.2 Å². The third kappa shape index (κ3) is 7.82. The van der Waals surface area contributed by atoms with E-state index in [-0.39, 0.29) is 11.7 Å². The Hall–Kier alpha value is -0.530. The number of nitrogens with one attached hydrogen (secondary N) is 1. The van der Waals surface area contributed by atoms with Crippen molar-refractivity contribution in [3.05, 3.63) is 0 Å². The maximum Gasteiger partial charge on any atom is 0.211 e. The first-order chi connectivity index (χ1) is 5.98. The zero-order valence-corrected chi connectivity index (χ0v) is 9.24. The summed E-state index contributed by atoms with van der Waals surface area (Å²) in [6, 6.07) is 0. The second-order valence-electron chi connectivity index (χ2n) is 3.25. The fraction of sp³-hybridized carbons (Fsp3) is 0.778. The molecule has 3 nitrogen and oxygen atoms in total. The molecule has 0 aliphatic heterocycles. The molecule has 0 spiro atoms. The molecule has 1 N–H and O–H groups in total. The Morgan fingerprint density at radius 1 is 1.38 bits per heavy atom. The van der Waals surface area contributed by atoms with Crippen LogP contribution in [0.2, 0.25) is 0 Å². The maximum absolute atomic E-state index is 11.2. The molecule has 0 heterocycles. The highest BCUT2D eigenvalue weighted by Gasteiger charge is 2.10. The van der Waals surface area contributed by atoms with Gasteiger partial charge < -0.3 is 0 Å². The van der Waals surface area contributed by atoms with Crippen molar-refractivity contribution in [3.63, 3.8) is 0 Å². The largest absolute Gasteiger partial charge is 0.214 e. The van der Waals surface area contributed by atoms with E-state index < -0.39 is 10.0 Å². The van der Waals surface area contributed by atoms with E-state index in [9.17, 15) is 8.42 Å². The molecule has 0 fully saturated rings. The SMILES string of the molecule is CC#CCCNS(=O)(=O)CC(C)C. The standard InChI is InChI=1S/C9H17NO2S/c1-4-5-6-7-10-13(11,12)8-9(2)3/h9-10H,6-8H2,1-3H3. The molecule has 0 unspecified atom stereocenters. The molecule has 0 aromatic carbocycles. The van der Waals surface area contributed by atoms with Crippen molar-refractivity contribution >= 4 is 10.0 Å². The van der Waals surface area contributed by atoms with Crippen molar-refractivity contribution < 1.29 is 8.42 Å². The zero-order valence-electron chi connectivity index (χ0n) is 8.42. The van der Waals surface area contributed by atoms with E-state index in [0.29, 0.717) is 13.0 Å². The van der Waals surface area contributed by atoms with Gasteiger partial charge >= 0.3 is 0 Å². The van der Waals surface area contributed by atoms with Crippen molar-refractivity contribution in [3.8, 4) is 11.8 Å². The first-order valence-corrected chi connectivity index (χ1v) is 6.00. The van der Waals surface area contributed by atoms with Gasteiger partial charge in [-0.1, -0.05) is 13.8 Å². The molecule has 0 saturated carbocycles. The van der Waals surface area contributed by atoms with Gasteiger partial charge in [0.25, 0.3) is 0 Å². The fourth-order valence-electron chi connectivity index (χ4n) is 0.892. The molecule has 0 amide bonds. The Bertz CT molecular complexity index is 282. The first kappa shape index (κ1) is 12.5. The van der Waals surface area contributed by atoms with Crippen LogP contribution in [0.15, 0.2) is 0 Å². The lowest BCUT2D eigenvalue weighted by atomic mass is 10.3. The van der Waals surface area contributed by atoms with E-state index in [1.807, 2.05) is 13.8 Å². The van der Waals surface area contributed by atoms with Crippen molar-refractivity contribution in [2.75, 3.05) is 12.3 Å². The minimum atomic E-state index is -3.08. The highest BCUT2D eigenvalue weighted by atomic mass is 32.2. The van der Waals surface area contributed by atoms with Gasteiger partial charge in [-0.05, 0) is 12.8 Å². The van der Waals surface area contributed by atoms with Gasteiger partial charge in [0.2, 0.25) is 10.0 Å². The Morgan fingerprint density at radius 2 is 2.00 bits per heavy atom. The van der Waals surface area contributed by atoms with Crippen molar-refractivity contribution in [1.29, 1.82) is 0 Å². The van der Waals surface area contributed by atoms with E-state index in [2.05, 4.69) is 16.6 Å². The van der Waals surface area contributed by atoms with E-state index in [1.54, 1.807) is 6.92 Å². The number of sulfonamides is 1. The van der Waals surface area contributed by atoms with Crippen LogP contribution >= 0.6 is 0 Å². The normalized spacial score (nSPS) is 11.1. The zero-order chi connectivity index (χ0) is 10.3. The van der Waals surface area contributed by atoms with Crippen LogP contribution in [-0.4, -0.2) is 20.7 Å². The van der Waals surface area contributed by atoms with E-state index in [1.165, 1.54) is 0 Å². The molecule has 0 saturated heterocycles. The second kappa shape index (κ2) is 6.01. The molecule has 0 aromatic rings. The summed E-state index contributed by atoms with van der Waals surface area (Å²) in [6.07, 6.45) is 0.577. The third-order valence-corrected chi connectivity index (χ3v) is 3.05. The van der Waals surface area contributed by atoms with Crippen molar-refractivity contribution in [2.24, 2.45) is 5.92 Å².